The van der Waals surface area contributed by atoms with E-state index in [1.807, 2.05) is 0 Å². The van der Waals surface area contributed by atoms with E-state index in [1.54, 1.807) is 46.3 Å². The topological polar surface area (TPSA) is 70.8 Å². The molecule has 1 rings (SSSR count). The molecule has 0 saturated heterocycles. The lowest BCUT2D eigenvalue weighted by Gasteiger charge is -2.30. The highest BCUT2D eigenvalue weighted by atomic mass is 16.5. The molecule has 0 aliphatic rings. The number of rotatable bonds is 5. The van der Waals surface area contributed by atoms with Crippen molar-refractivity contribution in [3.05, 3.63) is 23.8 Å². The highest BCUT2D eigenvalue weighted by molar-refractivity contribution is 5.77. The third-order valence-corrected chi connectivity index (χ3v) is 3.26. The van der Waals surface area contributed by atoms with Crippen molar-refractivity contribution in [2.24, 2.45) is 11.1 Å². The second-order valence-electron chi connectivity index (χ2n) is 4.80. The van der Waals surface area contributed by atoms with Gasteiger partial charge in [-0.25, -0.2) is 0 Å². The van der Waals surface area contributed by atoms with Crippen LogP contribution in [0.5, 0.6) is 11.5 Å². The van der Waals surface area contributed by atoms with Crippen LogP contribution in [0.3, 0.4) is 0 Å². The van der Waals surface area contributed by atoms with Crippen molar-refractivity contribution in [2.45, 2.75) is 19.9 Å². The van der Waals surface area contributed by atoms with E-state index in [1.165, 1.54) is 7.11 Å². The number of hydrogen-bond acceptors (Lipinski definition) is 5. The minimum absolute atomic E-state index is 0.363. The number of ether oxygens (including phenoxy) is 3. The number of carbonyl (C=O) groups is 1. The molecule has 0 heterocycles. The molecule has 0 saturated carbocycles. The van der Waals surface area contributed by atoms with Gasteiger partial charge in [-0.3, -0.25) is 4.79 Å². The summed E-state index contributed by atoms with van der Waals surface area (Å²) in [5.74, 6) is 0.894. The van der Waals surface area contributed by atoms with Crippen molar-refractivity contribution in [3.63, 3.8) is 0 Å². The van der Waals surface area contributed by atoms with Gasteiger partial charge in [0.25, 0.3) is 0 Å². The summed E-state index contributed by atoms with van der Waals surface area (Å²) < 4.78 is 15.2. The quantitative estimate of drug-likeness (QED) is 0.825. The van der Waals surface area contributed by atoms with Crippen molar-refractivity contribution in [2.75, 3.05) is 21.3 Å². The first-order chi connectivity index (χ1) is 8.88. The van der Waals surface area contributed by atoms with Crippen molar-refractivity contribution in [3.8, 4) is 11.5 Å². The summed E-state index contributed by atoms with van der Waals surface area (Å²) in [6.07, 6.45) is 0. The molecule has 0 aliphatic heterocycles. The first kappa shape index (κ1) is 15.3. The lowest BCUT2D eigenvalue weighted by molar-refractivity contribution is -0.152. The second-order valence-corrected chi connectivity index (χ2v) is 4.80. The maximum Gasteiger partial charge on any atom is 0.313 e. The van der Waals surface area contributed by atoms with Crippen molar-refractivity contribution in [1.82, 2.24) is 0 Å². The van der Waals surface area contributed by atoms with Crippen LogP contribution < -0.4 is 15.2 Å². The SMILES string of the molecule is COC(=O)C(C)(C)[C@H](N)c1ccc(OC)cc1OC. The molecule has 19 heavy (non-hydrogen) atoms. The van der Waals surface area contributed by atoms with E-state index in [0.29, 0.717) is 11.5 Å². The monoisotopic (exact) mass is 267 g/mol. The summed E-state index contributed by atoms with van der Waals surface area (Å²) in [7, 11) is 4.48. The third kappa shape index (κ3) is 2.98. The Morgan fingerprint density at radius 2 is 1.84 bits per heavy atom. The van der Waals surface area contributed by atoms with Crippen molar-refractivity contribution >= 4 is 5.97 Å². The van der Waals surface area contributed by atoms with E-state index in [0.717, 1.165) is 5.56 Å². The van der Waals surface area contributed by atoms with Gasteiger partial charge >= 0.3 is 5.97 Å². The standard InChI is InChI=1S/C14H21NO4/c1-14(2,13(16)19-5)12(15)10-7-6-9(17-3)8-11(10)18-4/h6-8,12H,15H2,1-5H3/t12-/m1/s1. The number of hydrogen-bond donors (Lipinski definition) is 1. The molecule has 0 aliphatic carbocycles. The predicted molar refractivity (Wildman–Crippen MR) is 72.3 cm³/mol. The fraction of sp³-hybridized carbons (Fsp3) is 0.500. The smallest absolute Gasteiger partial charge is 0.313 e. The Morgan fingerprint density at radius 3 is 2.32 bits per heavy atom. The molecule has 106 valence electrons. The highest BCUT2D eigenvalue weighted by Gasteiger charge is 2.38. The van der Waals surface area contributed by atoms with Crippen molar-refractivity contribution < 1.29 is 19.0 Å². The van der Waals surface area contributed by atoms with Crippen LogP contribution in [0.2, 0.25) is 0 Å². The van der Waals surface area contributed by atoms with Crippen molar-refractivity contribution in [1.29, 1.82) is 0 Å². The number of carbonyl (C=O) groups excluding carboxylic acids is 1. The Morgan fingerprint density at radius 1 is 1.21 bits per heavy atom. The van der Waals surface area contributed by atoms with E-state index in [-0.39, 0.29) is 5.97 Å². The van der Waals surface area contributed by atoms with Crippen LogP contribution in [0.1, 0.15) is 25.5 Å². The van der Waals surface area contributed by atoms with E-state index < -0.39 is 11.5 Å². The van der Waals surface area contributed by atoms with Gasteiger partial charge in [0, 0.05) is 17.7 Å². The molecule has 2 N–H and O–H groups in total. The van der Waals surface area contributed by atoms with Gasteiger partial charge in [-0.2, -0.15) is 0 Å². The predicted octanol–water partition coefficient (Wildman–Crippen LogP) is 1.90. The van der Waals surface area contributed by atoms with Crippen LogP contribution in [-0.2, 0) is 9.53 Å². The molecule has 5 nitrogen and oxygen atoms in total. The fourth-order valence-electron chi connectivity index (χ4n) is 1.85. The maximum atomic E-state index is 11.8. The number of methoxy groups -OCH3 is 3. The van der Waals surface area contributed by atoms with E-state index >= 15 is 0 Å². The van der Waals surface area contributed by atoms with Gasteiger partial charge in [0.15, 0.2) is 0 Å². The zero-order valence-electron chi connectivity index (χ0n) is 12.0. The van der Waals surface area contributed by atoms with E-state index in [2.05, 4.69) is 0 Å². The Hall–Kier alpha value is -1.75. The molecule has 0 bridgehead atoms. The number of benzene rings is 1. The largest absolute Gasteiger partial charge is 0.497 e. The van der Waals surface area contributed by atoms with E-state index in [4.69, 9.17) is 19.9 Å². The summed E-state index contributed by atoms with van der Waals surface area (Å²) >= 11 is 0. The minimum atomic E-state index is -0.851. The molecule has 0 aromatic heterocycles. The molecular weight excluding hydrogens is 246 g/mol. The first-order valence-electron chi connectivity index (χ1n) is 5.94. The Kier molecular flexibility index (Phi) is 4.78. The first-order valence-corrected chi connectivity index (χ1v) is 5.94. The van der Waals surface area contributed by atoms with Crippen LogP contribution in [0, 0.1) is 5.41 Å². The van der Waals surface area contributed by atoms with Crippen LogP contribution in [0.25, 0.3) is 0 Å². The van der Waals surface area contributed by atoms with Crippen LogP contribution in [-0.4, -0.2) is 27.3 Å². The Labute approximate surface area is 113 Å². The molecule has 5 heteroatoms. The fourth-order valence-corrected chi connectivity index (χ4v) is 1.85. The average molecular weight is 267 g/mol. The molecule has 0 unspecified atom stereocenters. The average Bonchev–Trinajstić information content (AvgIpc) is 2.44. The molecule has 0 amide bonds. The lowest BCUT2D eigenvalue weighted by Crippen LogP contribution is -2.37. The number of esters is 1. The highest BCUT2D eigenvalue weighted by Crippen LogP contribution is 2.38. The van der Waals surface area contributed by atoms with Crippen LogP contribution >= 0.6 is 0 Å². The minimum Gasteiger partial charge on any atom is -0.497 e. The molecule has 1 aromatic rings. The van der Waals surface area contributed by atoms with Gasteiger partial charge in [0.05, 0.1) is 26.7 Å². The Bertz CT molecular complexity index is 457. The second kappa shape index (κ2) is 5.93. The summed E-state index contributed by atoms with van der Waals surface area (Å²) in [5.41, 5.74) is 6.08. The zero-order valence-corrected chi connectivity index (χ0v) is 12.0. The molecule has 1 aromatic carbocycles. The van der Waals surface area contributed by atoms with Gasteiger partial charge in [-0.15, -0.1) is 0 Å². The van der Waals surface area contributed by atoms with Gasteiger partial charge in [0.2, 0.25) is 0 Å². The molecular formula is C14H21NO4. The summed E-state index contributed by atoms with van der Waals surface area (Å²) in [6.45, 7) is 3.49. The van der Waals surface area contributed by atoms with Gasteiger partial charge in [0.1, 0.15) is 11.5 Å². The molecule has 0 radical (unpaired) electrons. The molecule has 1 atom stereocenters. The Balaban J connectivity index is 3.18. The van der Waals surface area contributed by atoms with Crippen LogP contribution in [0.15, 0.2) is 18.2 Å². The normalized spacial score (nSPS) is 12.7. The third-order valence-electron chi connectivity index (χ3n) is 3.26. The van der Waals surface area contributed by atoms with Gasteiger partial charge < -0.3 is 19.9 Å². The van der Waals surface area contributed by atoms with Crippen LogP contribution in [0.4, 0.5) is 0 Å². The van der Waals surface area contributed by atoms with Gasteiger partial charge in [-0.1, -0.05) is 6.07 Å². The summed E-state index contributed by atoms with van der Waals surface area (Å²) in [5, 5.41) is 0. The van der Waals surface area contributed by atoms with Gasteiger partial charge in [-0.05, 0) is 19.9 Å². The lowest BCUT2D eigenvalue weighted by atomic mass is 9.80. The van der Waals surface area contributed by atoms with E-state index in [9.17, 15) is 4.79 Å². The molecule has 0 fully saturated rings. The summed E-state index contributed by atoms with van der Waals surface area (Å²) in [6, 6.07) is 4.78. The number of nitrogens with two attached hydrogens (primary N) is 1. The zero-order chi connectivity index (χ0) is 14.6. The summed E-state index contributed by atoms with van der Waals surface area (Å²) in [4.78, 5) is 11.8. The molecule has 0 spiro atoms. The maximum absolute atomic E-state index is 11.8.